The molecular formula is C18H24O4S. The Morgan fingerprint density at radius 2 is 2.22 bits per heavy atom. The molecule has 1 heterocycles. The molecule has 1 saturated carbocycles. The summed E-state index contributed by atoms with van der Waals surface area (Å²) in [6, 6.07) is 0. The summed E-state index contributed by atoms with van der Waals surface area (Å²) in [6.07, 6.45) is 6.70. The van der Waals surface area contributed by atoms with Gasteiger partial charge in [-0.3, -0.25) is 4.79 Å². The van der Waals surface area contributed by atoms with Gasteiger partial charge in [0.15, 0.2) is 5.12 Å². The van der Waals surface area contributed by atoms with E-state index in [2.05, 4.69) is 19.9 Å². The first-order chi connectivity index (χ1) is 10.8. The van der Waals surface area contributed by atoms with Crippen molar-refractivity contribution in [2.75, 3.05) is 12.9 Å². The Hall–Kier alpha value is -1.07. The van der Waals surface area contributed by atoms with Crippen molar-refractivity contribution in [3.05, 3.63) is 23.3 Å². The summed E-state index contributed by atoms with van der Waals surface area (Å²) in [7, 11) is 1.61. The van der Waals surface area contributed by atoms with Crippen molar-refractivity contribution < 1.29 is 19.1 Å². The van der Waals surface area contributed by atoms with Gasteiger partial charge in [-0.1, -0.05) is 37.3 Å². The van der Waals surface area contributed by atoms with Gasteiger partial charge in [-0.25, -0.2) is 4.79 Å². The maximum Gasteiger partial charge on any atom is 0.333 e. The molecule has 3 aliphatic rings. The molecule has 0 amide bonds. The first kappa shape index (κ1) is 16.8. The molecule has 3 rings (SSSR count). The number of carbonyl (C=O) groups excluding carboxylic acids is 2. The van der Waals surface area contributed by atoms with E-state index >= 15 is 0 Å². The molecule has 0 N–H and O–H groups in total. The van der Waals surface area contributed by atoms with E-state index in [4.69, 9.17) is 9.47 Å². The van der Waals surface area contributed by atoms with Crippen molar-refractivity contribution in [1.82, 2.24) is 0 Å². The van der Waals surface area contributed by atoms with E-state index < -0.39 is 5.79 Å². The minimum absolute atomic E-state index is 0.138. The summed E-state index contributed by atoms with van der Waals surface area (Å²) in [6.45, 7) is 5.98. The van der Waals surface area contributed by atoms with Crippen LogP contribution in [0.2, 0.25) is 0 Å². The summed E-state index contributed by atoms with van der Waals surface area (Å²) in [4.78, 5) is 23.1. The zero-order chi connectivity index (χ0) is 16.8. The Morgan fingerprint density at radius 1 is 1.48 bits per heavy atom. The maximum atomic E-state index is 11.9. The van der Waals surface area contributed by atoms with Crippen molar-refractivity contribution in [1.29, 1.82) is 0 Å². The summed E-state index contributed by atoms with van der Waals surface area (Å²) in [5.41, 5.74) is 2.17. The van der Waals surface area contributed by atoms with Crippen molar-refractivity contribution in [2.45, 2.75) is 45.8 Å². The van der Waals surface area contributed by atoms with Crippen LogP contribution in [0.25, 0.3) is 0 Å². The molecule has 0 aromatic carbocycles. The highest BCUT2D eigenvalue weighted by atomic mass is 32.2. The minimum Gasteiger partial charge on any atom is -0.426 e. The van der Waals surface area contributed by atoms with E-state index in [0.717, 1.165) is 24.2 Å². The molecule has 4 nitrogen and oxygen atoms in total. The Kier molecular flexibility index (Phi) is 4.21. The predicted molar refractivity (Wildman–Crippen MR) is 89.7 cm³/mol. The second-order valence-electron chi connectivity index (χ2n) is 7.28. The molecule has 3 unspecified atom stereocenters. The summed E-state index contributed by atoms with van der Waals surface area (Å²) in [5.74, 6) is 0.336. The maximum absolute atomic E-state index is 11.9. The number of rotatable bonds is 3. The van der Waals surface area contributed by atoms with E-state index in [9.17, 15) is 9.59 Å². The third kappa shape index (κ3) is 2.78. The molecule has 0 aromatic rings. The van der Waals surface area contributed by atoms with Gasteiger partial charge < -0.3 is 9.47 Å². The van der Waals surface area contributed by atoms with Crippen molar-refractivity contribution in [3.63, 3.8) is 0 Å². The van der Waals surface area contributed by atoms with E-state index in [1.165, 1.54) is 17.3 Å². The first-order valence-electron chi connectivity index (χ1n) is 8.12. The second kappa shape index (κ2) is 5.78. The van der Waals surface area contributed by atoms with Crippen LogP contribution in [0.4, 0.5) is 0 Å². The highest BCUT2D eigenvalue weighted by molar-refractivity contribution is 8.13. The van der Waals surface area contributed by atoms with Gasteiger partial charge in [0, 0.05) is 37.9 Å². The smallest absolute Gasteiger partial charge is 0.333 e. The molecule has 1 aliphatic heterocycles. The normalized spacial score (nSPS) is 34.9. The topological polar surface area (TPSA) is 52.6 Å². The molecule has 2 aliphatic carbocycles. The molecule has 126 valence electrons. The van der Waals surface area contributed by atoms with Crippen molar-refractivity contribution >= 4 is 22.8 Å². The average molecular weight is 336 g/mol. The Morgan fingerprint density at radius 3 is 2.87 bits per heavy atom. The number of hydrogen-bond donors (Lipinski definition) is 0. The number of fused-ring (bicyclic) bond motifs is 2. The van der Waals surface area contributed by atoms with Gasteiger partial charge in [-0.15, -0.1) is 0 Å². The number of carbonyl (C=O) groups is 2. The molecule has 0 spiro atoms. The lowest BCUT2D eigenvalue weighted by molar-refractivity contribution is -0.214. The zero-order valence-electron chi connectivity index (χ0n) is 14.2. The van der Waals surface area contributed by atoms with E-state index in [1.54, 1.807) is 20.1 Å². The second-order valence-corrected chi connectivity index (χ2v) is 8.43. The van der Waals surface area contributed by atoms with Crippen LogP contribution in [0.1, 0.15) is 40.0 Å². The summed E-state index contributed by atoms with van der Waals surface area (Å²) in [5, 5.41) is 0.153. The number of ether oxygens (including phenoxy) is 2. The van der Waals surface area contributed by atoms with E-state index in [1.807, 2.05) is 0 Å². The molecule has 0 aromatic heterocycles. The van der Waals surface area contributed by atoms with Crippen LogP contribution in [0.5, 0.6) is 0 Å². The number of thioether (sulfide) groups is 1. The van der Waals surface area contributed by atoms with Gasteiger partial charge in [0.2, 0.25) is 5.79 Å². The third-order valence-corrected chi connectivity index (χ3v) is 6.52. The van der Waals surface area contributed by atoms with E-state index in [-0.39, 0.29) is 16.5 Å². The largest absolute Gasteiger partial charge is 0.426 e. The molecule has 5 heteroatoms. The highest BCUT2D eigenvalue weighted by Gasteiger charge is 2.58. The predicted octanol–water partition coefficient (Wildman–Crippen LogP) is 3.47. The lowest BCUT2D eigenvalue weighted by Gasteiger charge is -2.52. The number of hydrogen-bond acceptors (Lipinski definition) is 5. The highest BCUT2D eigenvalue weighted by Crippen LogP contribution is 2.58. The SMILES string of the molecule is COC12CC3C=C(CSC(C)=O)CCC3C(C)(C)C1=CC(=O)O2. The number of allylic oxidation sites excluding steroid dienone is 1. The van der Waals surface area contributed by atoms with Crippen LogP contribution in [0.15, 0.2) is 23.3 Å². The molecule has 1 fully saturated rings. The molecule has 0 radical (unpaired) electrons. The third-order valence-electron chi connectivity index (χ3n) is 5.60. The number of methoxy groups -OCH3 is 1. The van der Waals surface area contributed by atoms with Crippen molar-refractivity contribution in [2.24, 2.45) is 17.3 Å². The van der Waals surface area contributed by atoms with Gasteiger partial charge >= 0.3 is 5.97 Å². The fraction of sp³-hybridized carbons (Fsp3) is 0.667. The van der Waals surface area contributed by atoms with Crippen LogP contribution in [-0.4, -0.2) is 29.7 Å². The van der Waals surface area contributed by atoms with Crippen LogP contribution in [0, 0.1) is 17.3 Å². The lowest BCUT2D eigenvalue weighted by Crippen LogP contribution is -2.51. The van der Waals surface area contributed by atoms with Crippen LogP contribution in [0.3, 0.4) is 0 Å². The Bertz CT molecular complexity index is 604. The van der Waals surface area contributed by atoms with Crippen LogP contribution >= 0.6 is 11.8 Å². The van der Waals surface area contributed by atoms with Gasteiger partial charge in [-0.2, -0.15) is 0 Å². The summed E-state index contributed by atoms with van der Waals surface area (Å²) >= 11 is 1.37. The molecule has 23 heavy (non-hydrogen) atoms. The standard InChI is InChI=1S/C18H24O4S/c1-11(19)23-10-12-5-6-14-13(7-12)9-18(21-4)15(17(14,2)3)8-16(20)22-18/h7-8,13-14H,5-6,9-10H2,1-4H3. The van der Waals surface area contributed by atoms with Gasteiger partial charge in [0.1, 0.15) is 0 Å². The first-order valence-corrected chi connectivity index (χ1v) is 9.11. The fourth-order valence-electron chi connectivity index (χ4n) is 4.52. The Labute approximate surface area is 141 Å². The molecule has 0 saturated heterocycles. The van der Waals surface area contributed by atoms with Crippen LogP contribution in [-0.2, 0) is 19.1 Å². The Balaban J connectivity index is 1.91. The van der Waals surface area contributed by atoms with Crippen LogP contribution < -0.4 is 0 Å². The van der Waals surface area contributed by atoms with Crippen molar-refractivity contribution in [3.8, 4) is 0 Å². The monoisotopic (exact) mass is 336 g/mol. The minimum atomic E-state index is -0.908. The zero-order valence-corrected chi connectivity index (χ0v) is 15.0. The molecule has 0 bridgehead atoms. The van der Waals surface area contributed by atoms with Gasteiger partial charge in [0.25, 0.3) is 0 Å². The molecular weight excluding hydrogens is 312 g/mol. The molecule has 3 atom stereocenters. The number of esters is 1. The fourth-order valence-corrected chi connectivity index (χ4v) is 5.15. The average Bonchev–Trinajstić information content (AvgIpc) is 2.83. The van der Waals surface area contributed by atoms with E-state index in [0.29, 0.717) is 18.3 Å². The quantitative estimate of drug-likeness (QED) is 0.583. The van der Waals surface area contributed by atoms with Gasteiger partial charge in [0.05, 0.1) is 0 Å². The lowest BCUT2D eigenvalue weighted by atomic mass is 9.56. The van der Waals surface area contributed by atoms with Gasteiger partial charge in [-0.05, 0) is 30.1 Å². The summed E-state index contributed by atoms with van der Waals surface area (Å²) < 4.78 is 11.3.